The molecule has 1 aliphatic carbocycles. The predicted octanol–water partition coefficient (Wildman–Crippen LogP) is 0.815. The molecule has 17 heavy (non-hydrogen) atoms. The van der Waals surface area contributed by atoms with Crippen molar-refractivity contribution in [3.05, 3.63) is 23.8 Å². The normalized spacial score (nSPS) is 12.9. The number of esters is 1. The van der Waals surface area contributed by atoms with Gasteiger partial charge in [-0.3, -0.25) is 9.59 Å². The van der Waals surface area contributed by atoms with Crippen LogP contribution in [0.2, 0.25) is 0 Å². The topological polar surface area (TPSA) is 64.6 Å². The van der Waals surface area contributed by atoms with E-state index in [9.17, 15) is 9.59 Å². The van der Waals surface area contributed by atoms with Gasteiger partial charge in [-0.25, -0.2) is 0 Å². The molecule has 0 fully saturated rings. The van der Waals surface area contributed by atoms with Gasteiger partial charge in [-0.05, 0) is 25.5 Å². The second-order valence-electron chi connectivity index (χ2n) is 3.27. The Labute approximate surface area is 101 Å². The number of carbonyl (C=O) groups is 2. The lowest BCUT2D eigenvalue weighted by Gasteiger charge is -2.03. The number of ether oxygens (including phenoxy) is 2. The summed E-state index contributed by atoms with van der Waals surface area (Å²) >= 11 is 0. The number of nitrogens with one attached hydrogen (secondary N) is 1. The SMILES string of the molecule is CNCC(=O)OC.O=COCC1=CCCC=C1. The van der Waals surface area contributed by atoms with Crippen molar-refractivity contribution in [2.45, 2.75) is 12.8 Å². The van der Waals surface area contributed by atoms with E-state index in [2.05, 4.69) is 26.9 Å². The third-order valence-electron chi connectivity index (χ3n) is 1.94. The molecule has 96 valence electrons. The molecule has 1 rings (SSSR count). The number of likely N-dealkylation sites (N-methyl/N-ethyl adjacent to an activating group) is 1. The van der Waals surface area contributed by atoms with Gasteiger partial charge in [-0.1, -0.05) is 18.2 Å². The summed E-state index contributed by atoms with van der Waals surface area (Å²) in [6.07, 6.45) is 8.33. The van der Waals surface area contributed by atoms with E-state index in [4.69, 9.17) is 0 Å². The van der Waals surface area contributed by atoms with Crippen molar-refractivity contribution in [3.63, 3.8) is 0 Å². The maximum Gasteiger partial charge on any atom is 0.319 e. The smallest absolute Gasteiger partial charge is 0.319 e. The summed E-state index contributed by atoms with van der Waals surface area (Å²) in [5.74, 6) is -0.234. The monoisotopic (exact) mass is 241 g/mol. The van der Waals surface area contributed by atoms with Crippen LogP contribution in [0.1, 0.15) is 12.8 Å². The van der Waals surface area contributed by atoms with Gasteiger partial charge in [0.1, 0.15) is 6.61 Å². The van der Waals surface area contributed by atoms with Crippen molar-refractivity contribution < 1.29 is 19.1 Å². The molecule has 0 amide bonds. The van der Waals surface area contributed by atoms with Crippen LogP contribution in [0, 0.1) is 0 Å². The average molecular weight is 241 g/mol. The number of hydrogen-bond donors (Lipinski definition) is 1. The Morgan fingerprint density at radius 2 is 2.29 bits per heavy atom. The van der Waals surface area contributed by atoms with E-state index in [0.29, 0.717) is 13.1 Å². The van der Waals surface area contributed by atoms with Gasteiger partial charge in [-0.2, -0.15) is 0 Å². The van der Waals surface area contributed by atoms with E-state index in [-0.39, 0.29) is 12.5 Å². The van der Waals surface area contributed by atoms with Gasteiger partial charge < -0.3 is 14.8 Å². The van der Waals surface area contributed by atoms with Gasteiger partial charge in [0, 0.05) is 0 Å². The first kappa shape index (κ1) is 15.4. The van der Waals surface area contributed by atoms with E-state index in [1.165, 1.54) is 7.11 Å². The molecular weight excluding hydrogens is 222 g/mol. The van der Waals surface area contributed by atoms with Crippen LogP contribution >= 0.6 is 0 Å². The van der Waals surface area contributed by atoms with Gasteiger partial charge in [-0.15, -0.1) is 0 Å². The zero-order chi connectivity index (χ0) is 12.9. The van der Waals surface area contributed by atoms with Gasteiger partial charge in [0.05, 0.1) is 13.7 Å². The summed E-state index contributed by atoms with van der Waals surface area (Å²) in [5.41, 5.74) is 1.10. The lowest BCUT2D eigenvalue weighted by Crippen LogP contribution is -2.19. The van der Waals surface area contributed by atoms with Gasteiger partial charge in [0.2, 0.25) is 0 Å². The van der Waals surface area contributed by atoms with Crippen LogP contribution in [0.25, 0.3) is 0 Å². The molecule has 1 N–H and O–H groups in total. The molecule has 0 aromatic carbocycles. The van der Waals surface area contributed by atoms with Crippen LogP contribution in [0.3, 0.4) is 0 Å². The lowest BCUT2D eigenvalue weighted by molar-refractivity contribution is -0.139. The molecule has 5 heteroatoms. The number of carbonyl (C=O) groups excluding carboxylic acids is 2. The van der Waals surface area contributed by atoms with Crippen molar-refractivity contribution in [2.75, 3.05) is 27.3 Å². The highest BCUT2D eigenvalue weighted by Gasteiger charge is 1.95. The highest BCUT2D eigenvalue weighted by molar-refractivity contribution is 5.71. The van der Waals surface area contributed by atoms with Crippen LogP contribution in [-0.2, 0) is 19.1 Å². The Hall–Kier alpha value is -1.62. The molecule has 1 aliphatic rings. The maximum absolute atomic E-state index is 10.1. The Balaban J connectivity index is 0.000000325. The van der Waals surface area contributed by atoms with Crippen LogP contribution in [0.5, 0.6) is 0 Å². The molecule has 0 radical (unpaired) electrons. The van der Waals surface area contributed by atoms with Crippen molar-refractivity contribution in [1.82, 2.24) is 5.32 Å². The molecule has 0 atom stereocenters. The van der Waals surface area contributed by atoms with E-state index < -0.39 is 0 Å². The van der Waals surface area contributed by atoms with Gasteiger partial charge in [0.25, 0.3) is 6.47 Å². The van der Waals surface area contributed by atoms with Crippen molar-refractivity contribution in [1.29, 1.82) is 0 Å². The largest absolute Gasteiger partial charge is 0.468 e. The first-order chi connectivity index (χ1) is 8.24. The predicted molar refractivity (Wildman–Crippen MR) is 64.4 cm³/mol. The standard InChI is InChI=1S/C8H10O2.C4H9NO2/c9-7-10-6-8-4-2-1-3-5-8;1-5-3-4(6)7-2/h2,4-5,7H,1,3,6H2;5H,3H2,1-2H3. The van der Waals surface area contributed by atoms with Crippen LogP contribution < -0.4 is 5.32 Å². The molecule has 0 saturated heterocycles. The highest BCUT2D eigenvalue weighted by Crippen LogP contribution is 2.08. The Bertz CT molecular complexity index is 284. The number of hydrogen-bond acceptors (Lipinski definition) is 5. The number of allylic oxidation sites excluding steroid dienone is 2. The van der Waals surface area contributed by atoms with Crippen molar-refractivity contribution in [2.24, 2.45) is 0 Å². The molecule has 0 aromatic rings. The first-order valence-corrected chi connectivity index (χ1v) is 5.36. The minimum absolute atomic E-state index is 0.234. The Morgan fingerprint density at radius 1 is 1.53 bits per heavy atom. The molecule has 0 aromatic heterocycles. The second-order valence-corrected chi connectivity index (χ2v) is 3.27. The fraction of sp³-hybridized carbons (Fsp3) is 0.500. The number of methoxy groups -OCH3 is 1. The summed E-state index contributed by atoms with van der Waals surface area (Å²) in [4.78, 5) is 19.9. The summed E-state index contributed by atoms with van der Waals surface area (Å²) in [6, 6.07) is 0. The molecule has 0 bridgehead atoms. The van der Waals surface area contributed by atoms with Crippen molar-refractivity contribution in [3.8, 4) is 0 Å². The van der Waals surface area contributed by atoms with E-state index >= 15 is 0 Å². The van der Waals surface area contributed by atoms with E-state index in [1.54, 1.807) is 7.05 Å². The minimum atomic E-state index is -0.234. The minimum Gasteiger partial charge on any atom is -0.468 e. The fourth-order valence-corrected chi connectivity index (χ4v) is 1.12. The summed E-state index contributed by atoms with van der Waals surface area (Å²) in [5, 5.41) is 2.64. The van der Waals surface area contributed by atoms with E-state index in [0.717, 1.165) is 18.4 Å². The molecular formula is C12H19NO4. The Morgan fingerprint density at radius 3 is 2.71 bits per heavy atom. The Kier molecular flexibility index (Phi) is 9.85. The molecule has 0 heterocycles. The fourth-order valence-electron chi connectivity index (χ4n) is 1.12. The van der Waals surface area contributed by atoms with Gasteiger partial charge in [0.15, 0.2) is 0 Å². The van der Waals surface area contributed by atoms with Gasteiger partial charge >= 0.3 is 5.97 Å². The second kappa shape index (κ2) is 10.9. The maximum atomic E-state index is 10.1. The third-order valence-corrected chi connectivity index (χ3v) is 1.94. The first-order valence-electron chi connectivity index (χ1n) is 5.36. The zero-order valence-corrected chi connectivity index (χ0v) is 10.3. The molecule has 0 spiro atoms. The van der Waals surface area contributed by atoms with E-state index in [1.807, 2.05) is 6.08 Å². The third kappa shape index (κ3) is 9.32. The van der Waals surface area contributed by atoms with Crippen molar-refractivity contribution >= 4 is 12.4 Å². The molecule has 0 saturated carbocycles. The molecule has 5 nitrogen and oxygen atoms in total. The summed E-state index contributed by atoms with van der Waals surface area (Å²) in [7, 11) is 3.05. The zero-order valence-electron chi connectivity index (χ0n) is 10.3. The summed E-state index contributed by atoms with van der Waals surface area (Å²) < 4.78 is 8.86. The van der Waals surface area contributed by atoms with Crippen LogP contribution in [0.15, 0.2) is 23.8 Å². The lowest BCUT2D eigenvalue weighted by atomic mass is 10.1. The average Bonchev–Trinajstić information content (AvgIpc) is 2.38. The molecule has 0 unspecified atom stereocenters. The summed E-state index contributed by atoms with van der Waals surface area (Å²) in [6.45, 7) is 1.18. The molecule has 0 aliphatic heterocycles. The number of rotatable bonds is 5. The van der Waals surface area contributed by atoms with Crippen LogP contribution in [-0.4, -0.2) is 39.8 Å². The highest BCUT2D eigenvalue weighted by atomic mass is 16.5. The van der Waals surface area contributed by atoms with Crippen LogP contribution in [0.4, 0.5) is 0 Å². The quantitative estimate of drug-likeness (QED) is 0.570.